The van der Waals surface area contributed by atoms with Crippen LogP contribution in [0.3, 0.4) is 0 Å². The molecule has 6 nitrogen and oxygen atoms in total. The van der Waals surface area contributed by atoms with Crippen LogP contribution in [-0.2, 0) is 28.6 Å². The third kappa shape index (κ3) is 69.8. The van der Waals surface area contributed by atoms with Gasteiger partial charge >= 0.3 is 17.9 Å². The summed E-state index contributed by atoms with van der Waals surface area (Å²) >= 11 is 0. The molecule has 0 aromatic rings. The molecule has 0 fully saturated rings. The number of esters is 3. The molecule has 0 saturated carbocycles. The van der Waals surface area contributed by atoms with Gasteiger partial charge < -0.3 is 14.2 Å². The van der Waals surface area contributed by atoms with E-state index in [2.05, 4.69) is 81.5 Å². The Labute approximate surface area is 517 Å². The van der Waals surface area contributed by atoms with Gasteiger partial charge in [-0.15, -0.1) is 0 Å². The van der Waals surface area contributed by atoms with E-state index in [1.165, 1.54) is 270 Å². The van der Waals surface area contributed by atoms with Crippen molar-refractivity contribution in [3.05, 3.63) is 60.8 Å². The zero-order chi connectivity index (χ0) is 59.9. The molecule has 0 saturated heterocycles. The SMILES string of the molecule is CC/C=C\C/C=C\C/C=C\C/C=C\CCCCCCCCCCCCCCCCCCC(=O)OCC(COC(=O)CCCCCCCCCCCCCCCCC)OC(=O)CCCCCCCCCCC/C=C\CCCCCCCCCC. The quantitative estimate of drug-likeness (QED) is 0.0261. The normalized spacial score (nSPS) is 12.4. The summed E-state index contributed by atoms with van der Waals surface area (Å²) in [6, 6.07) is 0. The van der Waals surface area contributed by atoms with E-state index in [1.807, 2.05) is 0 Å². The Balaban J connectivity index is 4.24. The summed E-state index contributed by atoms with van der Waals surface area (Å²) in [6.07, 6.45) is 92.5. The van der Waals surface area contributed by atoms with Crippen molar-refractivity contribution < 1.29 is 28.6 Å². The smallest absolute Gasteiger partial charge is 0.306 e. The summed E-state index contributed by atoms with van der Waals surface area (Å²) in [5.74, 6) is -0.842. The lowest BCUT2D eigenvalue weighted by atomic mass is 10.0. The molecular weight excluding hydrogens is 1020 g/mol. The van der Waals surface area contributed by atoms with Gasteiger partial charge in [-0.05, 0) is 83.5 Å². The molecule has 0 aromatic carbocycles. The number of carbonyl (C=O) groups is 3. The first kappa shape index (κ1) is 80.1. The summed E-state index contributed by atoms with van der Waals surface area (Å²) < 4.78 is 17.0. The van der Waals surface area contributed by atoms with Crippen LogP contribution >= 0.6 is 0 Å². The maximum absolute atomic E-state index is 13.0. The van der Waals surface area contributed by atoms with Crippen molar-refractivity contribution >= 4 is 17.9 Å². The molecule has 0 aliphatic rings. The Bertz CT molecular complexity index is 1470. The molecule has 0 aromatic heterocycles. The van der Waals surface area contributed by atoms with Crippen molar-refractivity contribution in [3.8, 4) is 0 Å². The van der Waals surface area contributed by atoms with E-state index in [-0.39, 0.29) is 31.1 Å². The van der Waals surface area contributed by atoms with Crippen LogP contribution in [0.15, 0.2) is 60.8 Å². The summed E-state index contributed by atoms with van der Waals surface area (Å²) in [5, 5.41) is 0. The van der Waals surface area contributed by atoms with Gasteiger partial charge in [0, 0.05) is 19.3 Å². The van der Waals surface area contributed by atoms with Gasteiger partial charge in [-0.2, -0.15) is 0 Å². The average molecular weight is 1160 g/mol. The number of allylic oxidation sites excluding steroid dienone is 10. The standard InChI is InChI=1S/C77H140O6/c1-4-7-10-13-16-19-22-25-28-30-32-34-35-36-37-38-39-40-41-43-44-46-49-52-55-58-61-64-67-70-76(79)82-73-74(72-81-75(78)69-66-63-60-57-54-51-48-27-24-21-18-15-12-9-6-3)83-77(80)71-68-65-62-59-56-53-50-47-45-42-33-31-29-26-23-20-17-14-11-8-5-2/h7,10,16,19,25,28,31-34,74H,4-6,8-9,11-15,17-18,20-24,26-27,29-30,35-73H2,1-3H3/b10-7-,19-16-,28-25-,33-31-,34-32-. The number of carbonyl (C=O) groups excluding carboxylic acids is 3. The first-order chi connectivity index (χ1) is 41.0. The van der Waals surface area contributed by atoms with Crippen molar-refractivity contribution in [1.29, 1.82) is 0 Å². The highest BCUT2D eigenvalue weighted by Gasteiger charge is 2.19. The largest absolute Gasteiger partial charge is 0.462 e. The van der Waals surface area contributed by atoms with Crippen LogP contribution in [-0.4, -0.2) is 37.2 Å². The molecular formula is C77H140O6. The van der Waals surface area contributed by atoms with Crippen molar-refractivity contribution in [2.75, 3.05) is 13.2 Å². The van der Waals surface area contributed by atoms with Crippen LogP contribution in [0.1, 0.15) is 393 Å². The lowest BCUT2D eigenvalue weighted by molar-refractivity contribution is -0.167. The first-order valence-electron chi connectivity index (χ1n) is 36.8. The average Bonchev–Trinajstić information content (AvgIpc) is 3.49. The Morgan fingerprint density at radius 2 is 0.470 bits per heavy atom. The van der Waals surface area contributed by atoms with E-state index in [0.29, 0.717) is 19.3 Å². The van der Waals surface area contributed by atoms with Crippen LogP contribution in [0.5, 0.6) is 0 Å². The van der Waals surface area contributed by atoms with Gasteiger partial charge in [0.25, 0.3) is 0 Å². The molecule has 484 valence electrons. The minimum atomic E-state index is -0.773. The van der Waals surface area contributed by atoms with E-state index in [1.54, 1.807) is 0 Å². The second-order valence-corrected chi connectivity index (χ2v) is 24.8. The molecule has 0 amide bonds. The molecule has 83 heavy (non-hydrogen) atoms. The van der Waals surface area contributed by atoms with Crippen LogP contribution in [0.4, 0.5) is 0 Å². The number of hydrogen-bond acceptors (Lipinski definition) is 6. The lowest BCUT2D eigenvalue weighted by Crippen LogP contribution is -2.30. The molecule has 0 radical (unpaired) electrons. The molecule has 6 heteroatoms. The fourth-order valence-corrected chi connectivity index (χ4v) is 11.0. The van der Waals surface area contributed by atoms with Gasteiger partial charge in [-0.3, -0.25) is 14.4 Å². The Morgan fingerprint density at radius 1 is 0.253 bits per heavy atom. The third-order valence-corrected chi connectivity index (χ3v) is 16.5. The zero-order valence-electron chi connectivity index (χ0n) is 55.7. The summed E-state index contributed by atoms with van der Waals surface area (Å²) in [4.78, 5) is 38.5. The van der Waals surface area contributed by atoms with Crippen molar-refractivity contribution in [2.45, 2.75) is 399 Å². The van der Waals surface area contributed by atoms with Crippen molar-refractivity contribution in [2.24, 2.45) is 0 Å². The Morgan fingerprint density at radius 3 is 0.747 bits per heavy atom. The highest BCUT2D eigenvalue weighted by molar-refractivity contribution is 5.71. The Kier molecular flexibility index (Phi) is 69.1. The maximum Gasteiger partial charge on any atom is 0.306 e. The molecule has 1 unspecified atom stereocenters. The zero-order valence-corrected chi connectivity index (χ0v) is 55.7. The summed E-state index contributed by atoms with van der Waals surface area (Å²) in [5.41, 5.74) is 0. The molecule has 0 aliphatic carbocycles. The van der Waals surface area contributed by atoms with E-state index in [9.17, 15) is 14.4 Å². The predicted molar refractivity (Wildman–Crippen MR) is 362 cm³/mol. The highest BCUT2D eigenvalue weighted by atomic mass is 16.6. The second kappa shape index (κ2) is 71.6. The molecule has 1 atom stereocenters. The second-order valence-electron chi connectivity index (χ2n) is 24.8. The Hall–Kier alpha value is -2.89. The van der Waals surface area contributed by atoms with E-state index in [4.69, 9.17) is 14.2 Å². The van der Waals surface area contributed by atoms with Gasteiger partial charge in [0.1, 0.15) is 13.2 Å². The molecule has 0 spiro atoms. The predicted octanol–water partition coefficient (Wildman–Crippen LogP) is 25.5. The van der Waals surface area contributed by atoms with Crippen LogP contribution in [0.2, 0.25) is 0 Å². The van der Waals surface area contributed by atoms with Gasteiger partial charge in [0.15, 0.2) is 6.10 Å². The van der Waals surface area contributed by atoms with Gasteiger partial charge in [-0.25, -0.2) is 0 Å². The van der Waals surface area contributed by atoms with E-state index < -0.39 is 6.10 Å². The number of unbranched alkanes of at least 4 members (excludes halogenated alkanes) is 47. The van der Waals surface area contributed by atoms with Crippen molar-refractivity contribution in [3.63, 3.8) is 0 Å². The van der Waals surface area contributed by atoms with Crippen LogP contribution in [0.25, 0.3) is 0 Å². The van der Waals surface area contributed by atoms with Crippen LogP contribution in [0, 0.1) is 0 Å². The molecule has 0 heterocycles. The van der Waals surface area contributed by atoms with E-state index >= 15 is 0 Å². The molecule has 0 N–H and O–H groups in total. The minimum Gasteiger partial charge on any atom is -0.462 e. The van der Waals surface area contributed by atoms with Gasteiger partial charge in [0.2, 0.25) is 0 Å². The number of rotatable bonds is 68. The maximum atomic E-state index is 13.0. The minimum absolute atomic E-state index is 0.0686. The molecule has 0 rings (SSSR count). The first-order valence-corrected chi connectivity index (χ1v) is 36.8. The topological polar surface area (TPSA) is 78.9 Å². The van der Waals surface area contributed by atoms with Crippen molar-refractivity contribution in [1.82, 2.24) is 0 Å². The monoisotopic (exact) mass is 1160 g/mol. The summed E-state index contributed by atoms with van der Waals surface area (Å²) in [6.45, 7) is 6.60. The third-order valence-electron chi connectivity index (χ3n) is 16.5. The molecule has 0 bridgehead atoms. The van der Waals surface area contributed by atoms with Crippen LogP contribution < -0.4 is 0 Å². The number of hydrogen-bond donors (Lipinski definition) is 0. The fraction of sp³-hybridized carbons (Fsp3) is 0.831. The highest BCUT2D eigenvalue weighted by Crippen LogP contribution is 2.18. The summed E-state index contributed by atoms with van der Waals surface area (Å²) in [7, 11) is 0. The van der Waals surface area contributed by atoms with E-state index in [0.717, 1.165) is 83.5 Å². The van der Waals surface area contributed by atoms with Gasteiger partial charge in [0.05, 0.1) is 0 Å². The number of ether oxygens (including phenoxy) is 3. The fourth-order valence-electron chi connectivity index (χ4n) is 11.0. The molecule has 0 aliphatic heterocycles. The lowest BCUT2D eigenvalue weighted by Gasteiger charge is -2.18. The van der Waals surface area contributed by atoms with Gasteiger partial charge in [-0.1, -0.05) is 351 Å².